The van der Waals surface area contributed by atoms with Crippen LogP contribution < -0.4 is 5.73 Å². The number of hydrogen-bond acceptors (Lipinski definition) is 7. The van der Waals surface area contributed by atoms with Crippen LogP contribution in [0, 0.1) is 29.1 Å². The zero-order valence-corrected chi connectivity index (χ0v) is 15.8. The molecule has 0 amide bonds. The summed E-state index contributed by atoms with van der Waals surface area (Å²) in [5.41, 5.74) is 4.35. The minimum Gasteiger partial charge on any atom is -0.458 e. The molecular weight excluding hydrogens is 428 g/mol. The summed E-state index contributed by atoms with van der Waals surface area (Å²) in [5, 5.41) is 0. The van der Waals surface area contributed by atoms with Gasteiger partial charge in [0.15, 0.2) is 0 Å². The molecule has 1 aliphatic heterocycles. The molecule has 7 nitrogen and oxygen atoms in total. The van der Waals surface area contributed by atoms with Crippen LogP contribution in [0.4, 0.5) is 26.3 Å². The highest BCUT2D eigenvalue weighted by molar-refractivity contribution is 5.86. The summed E-state index contributed by atoms with van der Waals surface area (Å²) >= 11 is 0. The van der Waals surface area contributed by atoms with Gasteiger partial charge in [0.1, 0.15) is 12.2 Å². The molecule has 0 aromatic rings. The molecule has 13 heteroatoms. The summed E-state index contributed by atoms with van der Waals surface area (Å²) in [7, 11) is 0. The van der Waals surface area contributed by atoms with Crippen LogP contribution in [0.15, 0.2) is 0 Å². The van der Waals surface area contributed by atoms with E-state index in [1.807, 2.05) is 0 Å². The molecule has 6 unspecified atom stereocenters. The van der Waals surface area contributed by atoms with E-state index in [0.29, 0.717) is 0 Å². The number of ether oxygens (including phenoxy) is 3. The highest BCUT2D eigenvalue weighted by Crippen LogP contribution is 2.59. The predicted octanol–water partition coefficient (Wildman–Crippen LogP) is 1.73. The molecule has 2 bridgehead atoms. The lowest BCUT2D eigenvalue weighted by Gasteiger charge is -2.33. The Morgan fingerprint density at radius 1 is 1.13 bits per heavy atom. The number of fused-ring (bicyclic) bond motifs is 1. The SMILES string of the molecule is CC(C)(CN)C(=O)OC1C2CC3C1OC(=O)C3C2C(=O)OC(C(F)(F)F)C(F)(F)F. The Morgan fingerprint density at radius 3 is 2.20 bits per heavy atom. The van der Waals surface area contributed by atoms with Gasteiger partial charge in [-0.15, -0.1) is 0 Å². The molecule has 30 heavy (non-hydrogen) atoms. The van der Waals surface area contributed by atoms with Crippen molar-refractivity contribution in [3.8, 4) is 0 Å². The molecule has 0 aromatic carbocycles. The van der Waals surface area contributed by atoms with E-state index in [1.54, 1.807) is 0 Å². The van der Waals surface area contributed by atoms with E-state index in [1.165, 1.54) is 13.8 Å². The van der Waals surface area contributed by atoms with Crippen LogP contribution in [0.25, 0.3) is 0 Å². The average molecular weight is 447 g/mol. The van der Waals surface area contributed by atoms with Crippen molar-refractivity contribution in [2.45, 2.75) is 50.9 Å². The van der Waals surface area contributed by atoms with Gasteiger partial charge in [-0.3, -0.25) is 14.4 Å². The molecule has 1 saturated heterocycles. The summed E-state index contributed by atoms with van der Waals surface area (Å²) in [4.78, 5) is 36.8. The van der Waals surface area contributed by atoms with Gasteiger partial charge >= 0.3 is 30.3 Å². The van der Waals surface area contributed by atoms with Gasteiger partial charge in [-0.25, -0.2) is 0 Å². The topological polar surface area (TPSA) is 105 Å². The minimum absolute atomic E-state index is 0.0601. The van der Waals surface area contributed by atoms with Crippen molar-refractivity contribution in [3.05, 3.63) is 0 Å². The van der Waals surface area contributed by atoms with E-state index in [4.69, 9.17) is 15.2 Å². The van der Waals surface area contributed by atoms with Gasteiger partial charge in [0.2, 0.25) is 0 Å². The van der Waals surface area contributed by atoms with Gasteiger partial charge in [-0.1, -0.05) is 0 Å². The van der Waals surface area contributed by atoms with Crippen molar-refractivity contribution in [2.75, 3.05) is 6.54 Å². The number of halogens is 6. The zero-order valence-electron chi connectivity index (χ0n) is 15.8. The molecule has 0 aromatic heterocycles. The monoisotopic (exact) mass is 447 g/mol. The van der Waals surface area contributed by atoms with E-state index in [-0.39, 0.29) is 13.0 Å². The summed E-state index contributed by atoms with van der Waals surface area (Å²) in [6.07, 6.45) is -18.2. The summed E-state index contributed by atoms with van der Waals surface area (Å²) < 4.78 is 90.9. The van der Waals surface area contributed by atoms with Crippen LogP contribution in [0.3, 0.4) is 0 Å². The first-order valence-corrected chi connectivity index (χ1v) is 9.05. The van der Waals surface area contributed by atoms with Crippen LogP contribution in [0.2, 0.25) is 0 Å². The van der Waals surface area contributed by atoms with Crippen LogP contribution >= 0.6 is 0 Å². The Bertz CT molecular complexity index is 736. The van der Waals surface area contributed by atoms with Crippen molar-refractivity contribution in [1.29, 1.82) is 0 Å². The van der Waals surface area contributed by atoms with Gasteiger partial charge in [0.05, 0.1) is 17.3 Å². The lowest BCUT2D eigenvalue weighted by Crippen LogP contribution is -2.50. The lowest BCUT2D eigenvalue weighted by atomic mass is 9.78. The van der Waals surface area contributed by atoms with Crippen LogP contribution in [-0.2, 0) is 28.6 Å². The first-order valence-electron chi connectivity index (χ1n) is 9.05. The Labute approximate surface area is 166 Å². The highest BCUT2D eigenvalue weighted by Gasteiger charge is 2.71. The van der Waals surface area contributed by atoms with E-state index < -0.39 is 77.7 Å². The number of alkyl halides is 6. The third-order valence-electron chi connectivity index (χ3n) is 5.95. The maximum atomic E-state index is 12.8. The van der Waals surface area contributed by atoms with Crippen LogP contribution in [0.5, 0.6) is 0 Å². The molecule has 2 saturated carbocycles. The van der Waals surface area contributed by atoms with Gasteiger partial charge < -0.3 is 19.9 Å². The largest absolute Gasteiger partial charge is 0.458 e. The summed E-state index contributed by atoms with van der Waals surface area (Å²) in [6.45, 7) is 2.83. The van der Waals surface area contributed by atoms with E-state index >= 15 is 0 Å². The molecule has 0 radical (unpaired) electrons. The summed E-state index contributed by atoms with van der Waals surface area (Å²) in [6, 6.07) is 0. The Kier molecular flexibility index (Phi) is 5.27. The molecule has 6 atom stereocenters. The van der Waals surface area contributed by atoms with Crippen molar-refractivity contribution in [1.82, 2.24) is 0 Å². The average Bonchev–Trinajstić information content (AvgIpc) is 3.20. The second-order valence-corrected chi connectivity index (χ2v) is 8.37. The van der Waals surface area contributed by atoms with Gasteiger partial charge in [0.25, 0.3) is 6.10 Å². The number of carbonyl (C=O) groups excluding carboxylic acids is 3. The molecule has 3 rings (SSSR count). The van der Waals surface area contributed by atoms with Crippen LogP contribution in [-0.4, -0.2) is 55.1 Å². The van der Waals surface area contributed by atoms with Gasteiger partial charge in [0, 0.05) is 18.4 Å². The number of rotatable bonds is 5. The Morgan fingerprint density at radius 2 is 1.70 bits per heavy atom. The fraction of sp³-hybridized carbons (Fsp3) is 0.824. The third-order valence-corrected chi connectivity index (χ3v) is 5.95. The quantitative estimate of drug-likeness (QED) is 0.389. The molecule has 2 N–H and O–H groups in total. The van der Waals surface area contributed by atoms with Crippen LogP contribution in [0.1, 0.15) is 20.3 Å². The normalized spacial score (nSPS) is 33.1. The fourth-order valence-corrected chi connectivity index (χ4v) is 4.35. The maximum Gasteiger partial charge on any atom is 0.434 e. The van der Waals surface area contributed by atoms with E-state index in [0.717, 1.165) is 0 Å². The number of esters is 3. The highest BCUT2D eigenvalue weighted by atomic mass is 19.4. The number of hydrogen-bond donors (Lipinski definition) is 1. The van der Waals surface area contributed by atoms with Crippen molar-refractivity contribution in [2.24, 2.45) is 34.8 Å². The first-order chi connectivity index (χ1) is 13.6. The molecule has 0 spiro atoms. The van der Waals surface area contributed by atoms with Gasteiger partial charge in [-0.2, -0.15) is 26.3 Å². The molecule has 170 valence electrons. The smallest absolute Gasteiger partial charge is 0.434 e. The fourth-order valence-electron chi connectivity index (χ4n) is 4.35. The molecule has 2 aliphatic carbocycles. The van der Waals surface area contributed by atoms with Crippen molar-refractivity contribution < 1.29 is 54.9 Å². The molecular formula is C17H19F6NO6. The predicted molar refractivity (Wildman–Crippen MR) is 83.2 cm³/mol. The second-order valence-electron chi connectivity index (χ2n) is 8.37. The molecule has 3 fully saturated rings. The first kappa shape index (κ1) is 22.6. The molecule has 1 heterocycles. The van der Waals surface area contributed by atoms with E-state index in [9.17, 15) is 40.7 Å². The van der Waals surface area contributed by atoms with Gasteiger partial charge in [-0.05, 0) is 20.3 Å². The van der Waals surface area contributed by atoms with E-state index in [2.05, 4.69) is 4.74 Å². The zero-order chi connectivity index (χ0) is 22.8. The molecule has 3 aliphatic rings. The Hall–Kier alpha value is -2.05. The number of carbonyl (C=O) groups is 3. The Balaban J connectivity index is 1.84. The second kappa shape index (κ2) is 6.99. The third kappa shape index (κ3) is 3.60. The minimum atomic E-state index is -5.89. The maximum absolute atomic E-state index is 12.8. The number of nitrogens with two attached hydrogens (primary N) is 1. The van der Waals surface area contributed by atoms with Crippen molar-refractivity contribution >= 4 is 17.9 Å². The lowest BCUT2D eigenvalue weighted by molar-refractivity contribution is -0.315. The van der Waals surface area contributed by atoms with Crippen molar-refractivity contribution in [3.63, 3.8) is 0 Å². The standard InChI is InChI=1S/C17H19F6NO6/c1-15(2,4-24)14(27)29-10-6-3-5-7(11(25)28-9(5)10)8(6)12(26)30-13(16(18,19)20)17(21,22)23/h5-10,13H,3-4,24H2,1-2H3. The summed E-state index contributed by atoms with van der Waals surface area (Å²) in [5.74, 6) is -8.14.